The van der Waals surface area contributed by atoms with E-state index in [1.54, 1.807) is 0 Å². The fourth-order valence-corrected chi connectivity index (χ4v) is 40.3. The molecule has 0 bridgehead atoms. The fourth-order valence-electron chi connectivity index (χ4n) is 40.3. The van der Waals surface area contributed by atoms with Gasteiger partial charge in [-0.2, -0.15) is 0 Å². The van der Waals surface area contributed by atoms with Gasteiger partial charge in [0, 0.05) is 71.4 Å². The molecule has 0 radical (unpaired) electrons. The number of nitrogens with one attached hydrogen (secondary N) is 6. The predicted octanol–water partition coefficient (Wildman–Crippen LogP) is 14.6. The third kappa shape index (κ3) is 23.8. The van der Waals surface area contributed by atoms with Crippen LogP contribution in [0.25, 0.3) is 0 Å². The summed E-state index contributed by atoms with van der Waals surface area (Å²) in [5, 5.41) is 159. The molecule has 0 aromatic rings. The molecule has 7 amide bonds. The Kier molecular flexibility index (Phi) is 39.0. The fraction of sp³-hybridized carbons (Fsp3) is 0.943. The van der Waals surface area contributed by atoms with Gasteiger partial charge in [-0.15, -0.1) is 0 Å². The first-order chi connectivity index (χ1) is 71.3. The third-order valence-electron chi connectivity index (χ3n) is 49.2. The Balaban J connectivity index is 0.527. The molecule has 46 atom stereocenters. The number of carbonyl (C=O) groups excluding carboxylic acids is 7. The van der Waals surface area contributed by atoms with E-state index in [4.69, 9.17) is 5.73 Å². The summed E-state index contributed by atoms with van der Waals surface area (Å²) in [6.45, 7) is 29.8. The highest BCUT2D eigenvalue weighted by Crippen LogP contribution is 2.75. The molecule has 16 aliphatic rings. The van der Waals surface area contributed by atoms with E-state index in [2.05, 4.69) is 115 Å². The number of hydrogen-bond acceptors (Lipinski definition) is 20. The highest BCUT2D eigenvalue weighted by Gasteiger charge is 2.72. The lowest BCUT2D eigenvalue weighted by atomic mass is 9.43. The van der Waals surface area contributed by atoms with Crippen LogP contribution in [0.15, 0.2) is 0 Å². The van der Waals surface area contributed by atoms with Crippen molar-refractivity contribution in [2.45, 2.75) is 496 Å². The van der Waals surface area contributed by atoms with Gasteiger partial charge in [0.1, 0.15) is 12.1 Å². The van der Waals surface area contributed by atoms with Crippen molar-refractivity contribution in [1.29, 1.82) is 0 Å². The summed E-state index contributed by atoms with van der Waals surface area (Å²) in [6, 6.07) is -1.76. The largest absolute Gasteiger partial charge is 0.393 e. The number of aliphatic hydroxyl groups excluding tert-OH is 12. The van der Waals surface area contributed by atoms with E-state index >= 15 is 0 Å². The molecular formula is C123H210N8O19. The standard InChI is InChI=1S/C123H210N8O19/c1-71(83-32-36-87-110-91(67-101(140)120(83,87)9)116(5)48-44-79(132)59-75(116)63-97(110)136)28-40-105(144)125-53-20-17-25-95(129-107(146)42-30-73(3)85-34-38-89-112-93(69-103(142)122(85,89)11)118(7)50-46-81(134)61-77(118)65-99(112)138)114(149)127-55-22-23-57-131(109(148)27-16-14-13-15-19-52-124)58-24-56-128-115(150)96(130-108(147)43-31-74(4)86-35-39-90-113-94(70-104(143)123(86,90)12)119(8)51-47-82(135)62-78(119)66-100(113)139)26-18-21-54-126-106(145)41-29-72(2)84-33-37-88-111-92(68-102(141)121(84,88)10)117(6)49-45-80(133)60-76(117)64-98(111)137/h71-104,110-113,132-143H,13-70,124H2,1-12H3,(H,125,144)(H,126,145)(H,127,149)(H,128,150)(H,129,146)(H,130,147)/t71-,72-,73-,74-,75?,76?,77?,78?,79?,80?,81?,82?,83?,84?,85?,86?,87?,88?,89?,90?,91?,92?,93?,94?,95?,96?,97?,98?,99?,100?,101?,102?,103?,104?,110?,111?,112?,113?,116?,117?,118?,119?,120?,121?,122?,123?/m1/s1. The number of nitrogens with two attached hydrogens (primary N) is 1. The number of hydrogen-bond donors (Lipinski definition) is 19. The molecule has 0 heterocycles. The summed E-state index contributed by atoms with van der Waals surface area (Å²) < 4.78 is 0. The normalized spacial score (nSPS) is 44.2. The number of rotatable bonds is 46. The number of unbranched alkanes of at least 4 members (excludes halogenated alkanes) is 7. The molecular weight excluding hydrogens is 1890 g/mol. The average Bonchev–Trinajstić information content (AvgIpc) is 1.47. The Hall–Kier alpha value is -4.23. The van der Waals surface area contributed by atoms with Gasteiger partial charge in [0.05, 0.1) is 73.2 Å². The van der Waals surface area contributed by atoms with Crippen LogP contribution < -0.4 is 37.6 Å². The number of fused-ring (bicyclic) bond motifs is 20. The summed E-state index contributed by atoms with van der Waals surface area (Å²) in [5.74, 6) is 2.40. The van der Waals surface area contributed by atoms with Gasteiger partial charge in [0.25, 0.3) is 0 Å². The molecule has 27 nitrogen and oxygen atoms in total. The highest BCUT2D eigenvalue weighted by atomic mass is 16.3. The van der Waals surface area contributed by atoms with E-state index in [9.17, 15) is 94.8 Å². The molecule has 856 valence electrons. The number of nitrogens with zero attached hydrogens (tertiary/aromatic N) is 1. The van der Waals surface area contributed by atoms with Crippen molar-refractivity contribution in [3.8, 4) is 0 Å². The van der Waals surface area contributed by atoms with Crippen molar-refractivity contribution in [1.82, 2.24) is 36.8 Å². The van der Waals surface area contributed by atoms with Crippen molar-refractivity contribution in [3.05, 3.63) is 0 Å². The zero-order valence-electron chi connectivity index (χ0n) is 94.7. The van der Waals surface area contributed by atoms with Crippen LogP contribution in [-0.2, 0) is 33.6 Å². The Morgan fingerprint density at radius 1 is 0.287 bits per heavy atom. The summed E-state index contributed by atoms with van der Waals surface area (Å²) >= 11 is 0. The van der Waals surface area contributed by atoms with Crippen LogP contribution in [0.1, 0.15) is 411 Å². The zero-order valence-corrected chi connectivity index (χ0v) is 94.7. The lowest BCUT2D eigenvalue weighted by Gasteiger charge is -2.63. The van der Waals surface area contributed by atoms with Crippen LogP contribution in [0.4, 0.5) is 0 Å². The van der Waals surface area contributed by atoms with Gasteiger partial charge in [-0.3, -0.25) is 33.6 Å². The van der Waals surface area contributed by atoms with Gasteiger partial charge in [0.15, 0.2) is 0 Å². The van der Waals surface area contributed by atoms with E-state index in [0.29, 0.717) is 219 Å². The monoisotopic (exact) mass is 2100 g/mol. The molecule has 20 N–H and O–H groups in total. The minimum absolute atomic E-state index is 0.000456. The van der Waals surface area contributed by atoms with E-state index < -0.39 is 71.7 Å². The molecule has 16 saturated carbocycles. The molecule has 0 spiro atoms. The molecule has 42 unspecified atom stereocenters. The van der Waals surface area contributed by atoms with Crippen LogP contribution in [0.3, 0.4) is 0 Å². The molecule has 150 heavy (non-hydrogen) atoms. The van der Waals surface area contributed by atoms with Crippen molar-refractivity contribution < 1.29 is 94.8 Å². The Bertz CT molecular complexity index is 4480. The second-order valence-electron chi connectivity index (χ2n) is 56.4. The smallest absolute Gasteiger partial charge is 0.242 e. The molecule has 27 heteroatoms. The van der Waals surface area contributed by atoms with E-state index in [-0.39, 0.29) is 266 Å². The van der Waals surface area contributed by atoms with Crippen molar-refractivity contribution in [3.63, 3.8) is 0 Å². The maximum atomic E-state index is 14.8. The lowest BCUT2D eigenvalue weighted by Crippen LogP contribution is -2.62. The summed E-state index contributed by atoms with van der Waals surface area (Å²) in [6.07, 6.45) is 29.1. The van der Waals surface area contributed by atoms with Crippen molar-refractivity contribution in [2.75, 3.05) is 45.8 Å². The number of carbonyl (C=O) groups is 7. The minimum atomic E-state index is -0.892. The first-order valence-corrected chi connectivity index (χ1v) is 62.1. The predicted molar refractivity (Wildman–Crippen MR) is 580 cm³/mol. The Morgan fingerprint density at radius 3 is 0.873 bits per heavy atom. The molecule has 0 aromatic carbocycles. The van der Waals surface area contributed by atoms with Gasteiger partial charge in [-0.1, -0.05) is 102 Å². The molecule has 0 aromatic heterocycles. The van der Waals surface area contributed by atoms with Gasteiger partial charge in [-0.05, 0) is 468 Å². The van der Waals surface area contributed by atoms with Crippen LogP contribution >= 0.6 is 0 Å². The second-order valence-corrected chi connectivity index (χ2v) is 56.4. The van der Waals surface area contributed by atoms with Gasteiger partial charge in [-0.25, -0.2) is 0 Å². The van der Waals surface area contributed by atoms with E-state index in [1.807, 2.05) is 4.90 Å². The van der Waals surface area contributed by atoms with E-state index in [0.717, 1.165) is 128 Å². The molecule has 16 fully saturated rings. The maximum absolute atomic E-state index is 14.8. The van der Waals surface area contributed by atoms with E-state index in [1.165, 1.54) is 0 Å². The van der Waals surface area contributed by atoms with Crippen molar-refractivity contribution in [2.24, 2.45) is 191 Å². The summed E-state index contributed by atoms with van der Waals surface area (Å²) in [7, 11) is 0. The molecule has 0 saturated heterocycles. The average molecular weight is 2110 g/mol. The number of amides is 7. The van der Waals surface area contributed by atoms with Crippen LogP contribution in [-0.4, -0.2) is 239 Å². The summed E-state index contributed by atoms with van der Waals surface area (Å²) in [5.41, 5.74) is 4.04. The van der Waals surface area contributed by atoms with Crippen LogP contribution in [0.5, 0.6) is 0 Å². The molecule has 16 rings (SSSR count). The quantitative estimate of drug-likeness (QED) is 0.0252. The van der Waals surface area contributed by atoms with Gasteiger partial charge < -0.3 is 104 Å². The second kappa shape index (κ2) is 49.5. The molecule has 0 aliphatic heterocycles. The first kappa shape index (κ1) is 118. The first-order valence-electron chi connectivity index (χ1n) is 62.1. The van der Waals surface area contributed by atoms with Gasteiger partial charge in [0.2, 0.25) is 41.4 Å². The summed E-state index contributed by atoms with van der Waals surface area (Å²) in [4.78, 5) is 102. The third-order valence-corrected chi connectivity index (χ3v) is 49.2. The van der Waals surface area contributed by atoms with Gasteiger partial charge >= 0.3 is 0 Å². The topological polar surface area (TPSA) is 464 Å². The lowest BCUT2D eigenvalue weighted by molar-refractivity contribution is -0.207. The Labute approximate surface area is 900 Å². The SMILES string of the molecule is C[C@H](CCC(=O)NCCCCC(NC(=O)CC[C@@H](C)C1CCC2C3C(O)CC4CC(O)CCC4(C)C3CC(O)C21C)C(=O)NCCCCN(CCCNC(=O)C(CCCCNC(=O)CC[C@@H](C)C1CCC2C3C(O)CC4CC(O)CCC4(C)C3CC(O)C21C)NC(=O)CC[C@@H](C)C1CCC2C3C(O)CC4CC(O)CCC4(C)C3CC(O)C21C)C(=O)CCCCCCCN)C1CCC2C3C(O)CC4CC(O)CCC4(C)C3CC(O)C21C. The molecule has 16 aliphatic carbocycles. The zero-order chi connectivity index (χ0) is 108. The Morgan fingerprint density at radius 2 is 0.560 bits per heavy atom. The maximum Gasteiger partial charge on any atom is 0.242 e. The van der Waals surface area contributed by atoms with Crippen molar-refractivity contribution >= 4 is 41.4 Å². The highest BCUT2D eigenvalue weighted by molar-refractivity contribution is 5.88. The van der Waals surface area contributed by atoms with Crippen LogP contribution in [0.2, 0.25) is 0 Å². The minimum Gasteiger partial charge on any atom is -0.393 e. The van der Waals surface area contributed by atoms with Crippen LogP contribution in [0, 0.1) is 185 Å². The number of aliphatic hydroxyl groups is 12.